The highest BCUT2D eigenvalue weighted by Gasteiger charge is 2.46. The van der Waals surface area contributed by atoms with Crippen LogP contribution in [0, 0.1) is 5.41 Å². The van der Waals surface area contributed by atoms with Crippen LogP contribution in [0.25, 0.3) is 0 Å². The number of rotatable bonds is 6. The number of nitrogens with two attached hydrogens (primary N) is 1. The van der Waals surface area contributed by atoms with Crippen LogP contribution in [0.15, 0.2) is 0 Å². The Kier molecular flexibility index (Phi) is 4.74. The molecule has 1 amide bonds. The maximum Gasteiger partial charge on any atom is 0.222 e. The van der Waals surface area contributed by atoms with E-state index in [4.69, 9.17) is 10.5 Å². The van der Waals surface area contributed by atoms with E-state index in [9.17, 15) is 4.79 Å². The molecule has 0 heterocycles. The van der Waals surface area contributed by atoms with E-state index in [-0.39, 0.29) is 23.4 Å². The van der Waals surface area contributed by atoms with Gasteiger partial charge in [-0.2, -0.15) is 0 Å². The molecule has 16 heavy (non-hydrogen) atoms. The Morgan fingerprint density at radius 1 is 1.50 bits per heavy atom. The summed E-state index contributed by atoms with van der Waals surface area (Å²) in [6, 6.07) is 0.426. The zero-order chi connectivity index (χ0) is 12.2. The van der Waals surface area contributed by atoms with Gasteiger partial charge in [0.1, 0.15) is 0 Å². The topological polar surface area (TPSA) is 64.3 Å². The summed E-state index contributed by atoms with van der Waals surface area (Å²) in [5, 5.41) is 3.02. The molecule has 0 spiro atoms. The summed E-state index contributed by atoms with van der Waals surface area (Å²) in [7, 11) is 0. The first-order chi connectivity index (χ1) is 7.48. The predicted molar refractivity (Wildman–Crippen MR) is 64.0 cm³/mol. The van der Waals surface area contributed by atoms with Crippen LogP contribution < -0.4 is 11.1 Å². The molecule has 1 rings (SSSR count). The molecule has 1 aliphatic carbocycles. The van der Waals surface area contributed by atoms with E-state index in [1.807, 2.05) is 0 Å². The smallest absolute Gasteiger partial charge is 0.222 e. The number of amides is 1. The van der Waals surface area contributed by atoms with Crippen molar-refractivity contribution in [2.24, 2.45) is 11.1 Å². The van der Waals surface area contributed by atoms with Gasteiger partial charge in [0.15, 0.2) is 0 Å². The Labute approximate surface area is 97.9 Å². The van der Waals surface area contributed by atoms with Gasteiger partial charge in [0.05, 0.1) is 6.61 Å². The lowest BCUT2D eigenvalue weighted by atomic mass is 9.63. The average Bonchev–Trinajstić information content (AvgIpc) is 2.24. The van der Waals surface area contributed by atoms with E-state index in [2.05, 4.69) is 26.1 Å². The van der Waals surface area contributed by atoms with Crippen LogP contribution in [0.2, 0.25) is 0 Å². The fraction of sp³-hybridized carbons (Fsp3) is 0.917. The van der Waals surface area contributed by atoms with Crippen LogP contribution in [0.4, 0.5) is 0 Å². The quantitative estimate of drug-likeness (QED) is 0.668. The maximum atomic E-state index is 11.6. The molecule has 4 nitrogen and oxygen atoms in total. The van der Waals surface area contributed by atoms with Crippen molar-refractivity contribution in [3.8, 4) is 0 Å². The van der Waals surface area contributed by atoms with Crippen molar-refractivity contribution in [3.05, 3.63) is 0 Å². The van der Waals surface area contributed by atoms with Crippen LogP contribution in [-0.2, 0) is 9.53 Å². The Morgan fingerprint density at radius 2 is 2.19 bits per heavy atom. The minimum atomic E-state index is 0.0277. The van der Waals surface area contributed by atoms with Crippen molar-refractivity contribution in [3.63, 3.8) is 0 Å². The number of hydrogen-bond acceptors (Lipinski definition) is 3. The van der Waals surface area contributed by atoms with Gasteiger partial charge in [-0.15, -0.1) is 0 Å². The Balaban J connectivity index is 2.16. The van der Waals surface area contributed by atoms with Crippen LogP contribution in [0.1, 0.15) is 40.0 Å². The molecule has 2 atom stereocenters. The lowest BCUT2D eigenvalue weighted by Crippen LogP contribution is -2.64. The first-order valence-corrected chi connectivity index (χ1v) is 6.11. The zero-order valence-corrected chi connectivity index (χ0v) is 10.6. The number of hydrogen-bond donors (Lipinski definition) is 2. The number of nitrogens with one attached hydrogen (secondary N) is 1. The molecule has 1 fully saturated rings. The largest absolute Gasteiger partial charge is 0.381 e. The van der Waals surface area contributed by atoms with Crippen LogP contribution in [0.5, 0.6) is 0 Å². The molecule has 0 aromatic carbocycles. The second-order valence-electron chi connectivity index (χ2n) is 5.15. The summed E-state index contributed by atoms with van der Waals surface area (Å²) in [5.74, 6) is 0.0704. The Hall–Kier alpha value is -0.610. The molecule has 4 heteroatoms. The fourth-order valence-electron chi connectivity index (χ4n) is 1.88. The first-order valence-electron chi connectivity index (χ1n) is 6.11. The molecule has 0 aromatic heterocycles. The van der Waals surface area contributed by atoms with Crippen molar-refractivity contribution >= 4 is 5.91 Å². The molecular weight excluding hydrogens is 204 g/mol. The number of carbonyl (C=O) groups excluding carboxylic acids is 1. The second-order valence-corrected chi connectivity index (χ2v) is 5.15. The monoisotopic (exact) mass is 228 g/mol. The molecule has 2 unspecified atom stereocenters. The SMILES string of the molecule is CCCOCCC(=O)NC1CC(N)C1(C)C. The summed E-state index contributed by atoms with van der Waals surface area (Å²) in [4.78, 5) is 11.6. The molecule has 0 saturated heterocycles. The standard InChI is InChI=1S/C12H24N2O2/c1-4-6-16-7-5-11(15)14-10-8-9(13)12(10,2)3/h9-10H,4-8,13H2,1-3H3,(H,14,15). The summed E-state index contributed by atoms with van der Waals surface area (Å²) in [6.07, 6.45) is 2.32. The van der Waals surface area contributed by atoms with E-state index in [1.165, 1.54) is 0 Å². The van der Waals surface area contributed by atoms with Gasteiger partial charge in [0.25, 0.3) is 0 Å². The minimum Gasteiger partial charge on any atom is -0.381 e. The third-order valence-corrected chi connectivity index (χ3v) is 3.50. The van der Waals surface area contributed by atoms with Gasteiger partial charge in [0, 0.05) is 30.5 Å². The molecule has 1 aliphatic rings. The Bertz CT molecular complexity index is 241. The van der Waals surface area contributed by atoms with Crippen molar-refractivity contribution in [2.75, 3.05) is 13.2 Å². The summed E-state index contributed by atoms with van der Waals surface area (Å²) in [5.41, 5.74) is 5.91. The second kappa shape index (κ2) is 5.64. The van der Waals surface area contributed by atoms with Crippen molar-refractivity contribution in [2.45, 2.75) is 52.1 Å². The van der Waals surface area contributed by atoms with Crippen molar-refractivity contribution in [1.82, 2.24) is 5.32 Å². The highest BCUT2D eigenvalue weighted by Crippen LogP contribution is 2.38. The first kappa shape index (κ1) is 13.5. The summed E-state index contributed by atoms with van der Waals surface area (Å²) < 4.78 is 5.27. The van der Waals surface area contributed by atoms with Crippen molar-refractivity contribution in [1.29, 1.82) is 0 Å². The number of carbonyl (C=O) groups is 1. The van der Waals surface area contributed by atoms with Crippen LogP contribution >= 0.6 is 0 Å². The van der Waals surface area contributed by atoms with Gasteiger partial charge in [-0.05, 0) is 12.8 Å². The van der Waals surface area contributed by atoms with Gasteiger partial charge in [0.2, 0.25) is 5.91 Å². The van der Waals surface area contributed by atoms with E-state index in [0.717, 1.165) is 19.4 Å². The number of ether oxygens (including phenoxy) is 1. The average molecular weight is 228 g/mol. The molecule has 0 aromatic rings. The minimum absolute atomic E-state index is 0.0277. The molecule has 0 bridgehead atoms. The normalized spacial score (nSPS) is 27.2. The fourth-order valence-corrected chi connectivity index (χ4v) is 1.88. The van der Waals surface area contributed by atoms with Gasteiger partial charge < -0.3 is 15.8 Å². The molecule has 0 aliphatic heterocycles. The molecule has 94 valence electrons. The molecule has 0 radical (unpaired) electrons. The van der Waals surface area contributed by atoms with Gasteiger partial charge >= 0.3 is 0 Å². The van der Waals surface area contributed by atoms with Crippen LogP contribution in [0.3, 0.4) is 0 Å². The molecule has 1 saturated carbocycles. The Morgan fingerprint density at radius 3 is 2.69 bits per heavy atom. The van der Waals surface area contributed by atoms with E-state index in [0.29, 0.717) is 13.0 Å². The van der Waals surface area contributed by atoms with Gasteiger partial charge in [-0.1, -0.05) is 20.8 Å². The van der Waals surface area contributed by atoms with E-state index < -0.39 is 0 Å². The maximum absolute atomic E-state index is 11.6. The van der Waals surface area contributed by atoms with E-state index in [1.54, 1.807) is 0 Å². The zero-order valence-electron chi connectivity index (χ0n) is 10.6. The summed E-state index contributed by atoms with van der Waals surface area (Å²) >= 11 is 0. The van der Waals surface area contributed by atoms with E-state index >= 15 is 0 Å². The van der Waals surface area contributed by atoms with Gasteiger partial charge in [-0.3, -0.25) is 4.79 Å². The lowest BCUT2D eigenvalue weighted by molar-refractivity contribution is -0.125. The predicted octanol–water partition coefficient (Wildman–Crippen LogP) is 1.05. The van der Waals surface area contributed by atoms with Gasteiger partial charge in [-0.25, -0.2) is 0 Å². The summed E-state index contributed by atoms with van der Waals surface area (Å²) in [6.45, 7) is 7.49. The highest BCUT2D eigenvalue weighted by atomic mass is 16.5. The third kappa shape index (κ3) is 3.19. The van der Waals surface area contributed by atoms with Crippen molar-refractivity contribution < 1.29 is 9.53 Å². The third-order valence-electron chi connectivity index (χ3n) is 3.50. The highest BCUT2D eigenvalue weighted by molar-refractivity contribution is 5.76. The molecule has 3 N–H and O–H groups in total. The lowest BCUT2D eigenvalue weighted by Gasteiger charge is -2.50. The molecular formula is C12H24N2O2. The van der Waals surface area contributed by atoms with Crippen LogP contribution in [-0.4, -0.2) is 31.2 Å².